The van der Waals surface area contributed by atoms with E-state index in [0.29, 0.717) is 0 Å². The van der Waals surface area contributed by atoms with Gasteiger partial charge in [0.15, 0.2) is 0 Å². The van der Waals surface area contributed by atoms with Crippen LogP contribution in [0.25, 0.3) is 11.1 Å². The molecule has 1 aliphatic carbocycles. The van der Waals surface area contributed by atoms with E-state index in [2.05, 4.69) is 44.9 Å². The lowest BCUT2D eigenvalue weighted by Crippen LogP contribution is -2.46. The van der Waals surface area contributed by atoms with E-state index >= 15 is 0 Å². The minimum atomic E-state index is -3.05. The molecule has 0 bridgehead atoms. The van der Waals surface area contributed by atoms with Gasteiger partial charge in [0, 0.05) is 43.8 Å². The highest BCUT2D eigenvalue weighted by molar-refractivity contribution is 8.93. The number of piperazine rings is 1. The summed E-state index contributed by atoms with van der Waals surface area (Å²) in [6.07, 6.45) is 6.01. The van der Waals surface area contributed by atoms with Gasteiger partial charge in [-0.2, -0.15) is 0 Å². The van der Waals surface area contributed by atoms with Crippen molar-refractivity contribution >= 4 is 55.6 Å². The smallest absolute Gasteiger partial charge is 0.211 e. The topological polar surface area (TPSA) is 52.7 Å². The predicted molar refractivity (Wildman–Crippen MR) is 158 cm³/mol. The maximum Gasteiger partial charge on any atom is 0.211 e. The van der Waals surface area contributed by atoms with Gasteiger partial charge in [-0.15, -0.1) is 34.0 Å². The fraction of sp³-hybridized carbons (Fsp3) is 0.538. The average molecular weight is 652 g/mol. The van der Waals surface area contributed by atoms with Crippen molar-refractivity contribution in [3.05, 3.63) is 59.1 Å². The van der Waals surface area contributed by atoms with Crippen molar-refractivity contribution in [3.8, 4) is 11.1 Å². The van der Waals surface area contributed by atoms with Gasteiger partial charge >= 0.3 is 0 Å². The van der Waals surface area contributed by atoms with Crippen LogP contribution in [0.1, 0.15) is 44.1 Å². The summed E-state index contributed by atoms with van der Waals surface area (Å²) in [6, 6.07) is 16.9. The number of benzene rings is 2. The summed E-state index contributed by atoms with van der Waals surface area (Å²) in [5.74, 6) is 0.277. The molecule has 1 aliphatic heterocycles. The SMILES string of the molecule is Br.Br.O=S(=O)(CCCCCCN1CCN(Cc2ccccc2-c2cccc(Cl)c2)CC1)NC1CC1. The van der Waals surface area contributed by atoms with Crippen molar-refractivity contribution in [3.63, 3.8) is 0 Å². The van der Waals surface area contributed by atoms with Crippen molar-refractivity contribution in [2.45, 2.75) is 51.1 Å². The molecule has 35 heavy (non-hydrogen) atoms. The van der Waals surface area contributed by atoms with Gasteiger partial charge in [-0.05, 0) is 61.1 Å². The molecule has 0 radical (unpaired) electrons. The van der Waals surface area contributed by atoms with Gasteiger partial charge in [-0.1, -0.05) is 60.8 Å². The fourth-order valence-corrected chi connectivity index (χ4v) is 6.14. The Morgan fingerprint density at radius 1 is 0.857 bits per heavy atom. The molecule has 2 aliphatic rings. The van der Waals surface area contributed by atoms with E-state index in [0.717, 1.165) is 82.8 Å². The molecule has 0 amide bonds. The van der Waals surface area contributed by atoms with Gasteiger partial charge in [0.2, 0.25) is 10.0 Å². The number of rotatable bonds is 12. The van der Waals surface area contributed by atoms with Crippen molar-refractivity contribution in [2.24, 2.45) is 0 Å². The molecule has 0 aromatic heterocycles. The molecule has 1 saturated carbocycles. The predicted octanol–water partition coefficient (Wildman–Crippen LogP) is 5.92. The summed E-state index contributed by atoms with van der Waals surface area (Å²) in [5, 5.41) is 0.771. The highest BCUT2D eigenvalue weighted by Crippen LogP contribution is 2.27. The van der Waals surface area contributed by atoms with Crippen molar-refractivity contribution < 1.29 is 8.42 Å². The normalized spacial score (nSPS) is 16.9. The average Bonchev–Trinajstić information content (AvgIpc) is 3.61. The maximum atomic E-state index is 11.9. The Morgan fingerprint density at radius 3 is 2.26 bits per heavy atom. The maximum absolute atomic E-state index is 11.9. The van der Waals surface area contributed by atoms with Crippen LogP contribution in [0.3, 0.4) is 0 Å². The minimum Gasteiger partial charge on any atom is -0.301 e. The summed E-state index contributed by atoms with van der Waals surface area (Å²) in [4.78, 5) is 5.09. The van der Waals surface area contributed by atoms with Crippen LogP contribution in [0.5, 0.6) is 0 Å². The number of halogens is 3. The summed E-state index contributed by atoms with van der Waals surface area (Å²) >= 11 is 6.22. The monoisotopic (exact) mass is 649 g/mol. The molecule has 0 atom stereocenters. The van der Waals surface area contributed by atoms with E-state index in [1.807, 2.05) is 18.2 Å². The van der Waals surface area contributed by atoms with Crippen LogP contribution in [0.4, 0.5) is 0 Å². The lowest BCUT2D eigenvalue weighted by atomic mass is 9.99. The molecule has 2 aromatic carbocycles. The molecular formula is C26H38Br2ClN3O2S. The second kappa shape index (κ2) is 15.1. The molecule has 5 nitrogen and oxygen atoms in total. The largest absolute Gasteiger partial charge is 0.301 e. The van der Waals surface area contributed by atoms with Gasteiger partial charge < -0.3 is 4.90 Å². The highest BCUT2D eigenvalue weighted by atomic mass is 79.9. The zero-order chi connectivity index (χ0) is 23.1. The van der Waals surface area contributed by atoms with Crippen LogP contribution in [-0.2, 0) is 16.6 Å². The first-order valence-electron chi connectivity index (χ1n) is 12.3. The van der Waals surface area contributed by atoms with Crippen molar-refractivity contribution in [1.29, 1.82) is 0 Å². The Morgan fingerprint density at radius 2 is 1.54 bits per heavy atom. The molecule has 1 N–H and O–H groups in total. The number of hydrogen-bond donors (Lipinski definition) is 1. The van der Waals surface area contributed by atoms with Gasteiger partial charge in [0.25, 0.3) is 0 Å². The summed E-state index contributed by atoms with van der Waals surface area (Å²) in [7, 11) is -3.05. The third-order valence-electron chi connectivity index (χ3n) is 6.57. The minimum absolute atomic E-state index is 0. The quantitative estimate of drug-likeness (QED) is 0.290. The van der Waals surface area contributed by atoms with Crippen LogP contribution in [0, 0.1) is 0 Å². The number of unbranched alkanes of at least 4 members (excludes halogenated alkanes) is 3. The van der Waals surface area contributed by atoms with Crippen LogP contribution in [0.2, 0.25) is 5.02 Å². The number of nitrogens with one attached hydrogen (secondary N) is 1. The first-order valence-corrected chi connectivity index (χ1v) is 14.3. The van der Waals surface area contributed by atoms with Crippen LogP contribution in [0.15, 0.2) is 48.5 Å². The Labute approximate surface area is 237 Å². The first-order chi connectivity index (χ1) is 16.0. The van der Waals surface area contributed by atoms with Crippen molar-refractivity contribution in [2.75, 3.05) is 38.5 Å². The zero-order valence-corrected chi connectivity index (χ0v) is 25.2. The molecule has 2 aromatic rings. The van der Waals surface area contributed by atoms with E-state index in [-0.39, 0.29) is 45.8 Å². The second-order valence-corrected chi connectivity index (χ2v) is 11.7. The van der Waals surface area contributed by atoms with E-state index in [1.54, 1.807) is 0 Å². The highest BCUT2D eigenvalue weighted by Gasteiger charge is 2.26. The van der Waals surface area contributed by atoms with E-state index in [9.17, 15) is 8.42 Å². The molecule has 1 saturated heterocycles. The van der Waals surface area contributed by atoms with E-state index in [4.69, 9.17) is 11.6 Å². The summed E-state index contributed by atoms with van der Waals surface area (Å²) < 4.78 is 26.6. The Balaban J connectivity index is 0.00000216. The van der Waals surface area contributed by atoms with Gasteiger partial charge in [-0.3, -0.25) is 4.90 Å². The lowest BCUT2D eigenvalue weighted by molar-refractivity contribution is 0.125. The molecular weight excluding hydrogens is 614 g/mol. The standard InChI is InChI=1S/C26H36ClN3O2S.2BrH/c27-24-10-7-9-22(20-24)26-11-4-3-8-23(26)21-30-17-15-29(16-18-30)14-5-1-2-6-19-33(31,32)28-25-12-13-25;;/h3-4,7-11,20,25,28H,1-2,5-6,12-19,21H2;2*1H. The second-order valence-electron chi connectivity index (χ2n) is 9.41. The molecule has 0 unspecified atom stereocenters. The van der Waals surface area contributed by atoms with E-state index < -0.39 is 10.0 Å². The van der Waals surface area contributed by atoms with Crippen LogP contribution < -0.4 is 4.72 Å². The first kappa shape index (κ1) is 30.7. The molecule has 9 heteroatoms. The van der Waals surface area contributed by atoms with Crippen LogP contribution >= 0.6 is 45.6 Å². The fourth-order valence-electron chi connectivity index (χ4n) is 4.50. The Kier molecular flexibility index (Phi) is 13.2. The lowest BCUT2D eigenvalue weighted by Gasteiger charge is -2.35. The Bertz CT molecular complexity index is 1010. The zero-order valence-electron chi connectivity index (χ0n) is 20.2. The van der Waals surface area contributed by atoms with Gasteiger partial charge in [0.1, 0.15) is 0 Å². The van der Waals surface area contributed by atoms with Gasteiger partial charge in [0.05, 0.1) is 5.75 Å². The number of sulfonamides is 1. The van der Waals surface area contributed by atoms with Crippen molar-refractivity contribution in [1.82, 2.24) is 14.5 Å². The number of nitrogens with zero attached hydrogens (tertiary/aromatic N) is 2. The third-order valence-corrected chi connectivity index (χ3v) is 8.33. The molecule has 196 valence electrons. The molecule has 1 heterocycles. The van der Waals surface area contributed by atoms with Gasteiger partial charge in [-0.25, -0.2) is 13.1 Å². The van der Waals surface area contributed by atoms with Crippen LogP contribution in [-0.4, -0.2) is 62.7 Å². The molecule has 2 fully saturated rings. The number of hydrogen-bond acceptors (Lipinski definition) is 4. The molecule has 0 spiro atoms. The van der Waals surface area contributed by atoms with E-state index in [1.165, 1.54) is 16.7 Å². The Hall–Kier alpha value is -0.480. The summed E-state index contributed by atoms with van der Waals surface area (Å²) in [6.45, 7) is 6.42. The molecule has 4 rings (SSSR count). The summed E-state index contributed by atoms with van der Waals surface area (Å²) in [5.41, 5.74) is 3.78. The third kappa shape index (κ3) is 10.4.